The van der Waals surface area contributed by atoms with Crippen molar-refractivity contribution in [2.75, 3.05) is 0 Å². The van der Waals surface area contributed by atoms with E-state index in [0.717, 1.165) is 9.88 Å². The summed E-state index contributed by atoms with van der Waals surface area (Å²) in [4.78, 5) is 4.87. The van der Waals surface area contributed by atoms with E-state index in [2.05, 4.69) is 4.98 Å². The Morgan fingerprint density at radius 1 is 1.53 bits per heavy atom. The van der Waals surface area contributed by atoms with Gasteiger partial charge in [0.25, 0.3) is 0 Å². The summed E-state index contributed by atoms with van der Waals surface area (Å²) < 4.78 is 35.6. The van der Waals surface area contributed by atoms with Crippen LogP contribution in [0, 0.1) is 6.92 Å². The Morgan fingerprint density at radius 2 is 2.20 bits per heavy atom. The van der Waals surface area contributed by atoms with Crippen LogP contribution in [0.15, 0.2) is 6.20 Å². The number of hydrogen-bond acceptors (Lipinski definition) is 3. The van der Waals surface area contributed by atoms with Crippen LogP contribution < -0.4 is 5.73 Å². The zero-order chi connectivity index (χ0) is 11.5. The van der Waals surface area contributed by atoms with E-state index >= 15 is 0 Å². The van der Waals surface area contributed by atoms with Crippen molar-refractivity contribution in [1.82, 2.24) is 4.98 Å². The molecule has 1 heterocycles. The number of nitrogens with two attached hydrogens (primary N) is 1. The monoisotopic (exact) mass is 238 g/mol. The van der Waals surface area contributed by atoms with Crippen LogP contribution in [0.25, 0.3) is 0 Å². The van der Waals surface area contributed by atoms with Crippen molar-refractivity contribution in [2.24, 2.45) is 5.73 Å². The molecule has 0 saturated heterocycles. The first-order chi connectivity index (χ1) is 6.88. The van der Waals surface area contributed by atoms with Crippen LogP contribution in [0.3, 0.4) is 0 Å². The molecule has 2 nitrogen and oxygen atoms in total. The lowest BCUT2D eigenvalue weighted by Crippen LogP contribution is -2.12. The highest BCUT2D eigenvalue weighted by atomic mass is 32.1. The number of hydrogen-bond donors (Lipinski definition) is 1. The Kier molecular flexibility index (Phi) is 4.10. The molecule has 1 unspecified atom stereocenters. The number of aromatic nitrogens is 1. The van der Waals surface area contributed by atoms with Gasteiger partial charge in [0.1, 0.15) is 0 Å². The lowest BCUT2D eigenvalue weighted by molar-refractivity contribution is -0.135. The highest BCUT2D eigenvalue weighted by Gasteiger charge is 2.26. The average molecular weight is 238 g/mol. The van der Waals surface area contributed by atoms with Crippen molar-refractivity contribution >= 4 is 11.3 Å². The zero-order valence-electron chi connectivity index (χ0n) is 8.34. The molecule has 0 fully saturated rings. The summed E-state index contributed by atoms with van der Waals surface area (Å²) in [5.74, 6) is 0. The highest BCUT2D eigenvalue weighted by molar-refractivity contribution is 7.11. The summed E-state index contributed by atoms with van der Waals surface area (Å²) in [6.07, 6.45) is -2.79. The molecule has 0 aliphatic carbocycles. The molecule has 0 radical (unpaired) electrons. The number of aryl methyl sites for hydroxylation is 1. The van der Waals surface area contributed by atoms with E-state index in [4.69, 9.17) is 5.73 Å². The lowest BCUT2D eigenvalue weighted by atomic mass is 10.1. The van der Waals surface area contributed by atoms with Gasteiger partial charge in [-0.1, -0.05) is 0 Å². The number of nitrogens with zero attached hydrogens (tertiary/aromatic N) is 1. The Labute approximate surface area is 90.3 Å². The molecule has 0 aliphatic rings. The Balaban J connectivity index is 2.34. The molecule has 0 bridgehead atoms. The predicted octanol–water partition coefficient (Wildman–Crippen LogP) is 3.18. The maximum absolute atomic E-state index is 11.9. The number of alkyl halides is 3. The summed E-state index contributed by atoms with van der Waals surface area (Å²) in [6, 6.07) is -0.321. The van der Waals surface area contributed by atoms with Gasteiger partial charge in [-0.15, -0.1) is 11.3 Å². The van der Waals surface area contributed by atoms with Gasteiger partial charge in [-0.2, -0.15) is 13.2 Å². The van der Waals surface area contributed by atoms with Gasteiger partial charge in [-0.05, 0) is 19.8 Å². The molecule has 1 aromatic rings. The molecule has 0 aliphatic heterocycles. The molecule has 0 aromatic carbocycles. The molecule has 0 amide bonds. The third kappa shape index (κ3) is 4.61. The van der Waals surface area contributed by atoms with Crippen LogP contribution in [0.2, 0.25) is 0 Å². The van der Waals surface area contributed by atoms with Crippen molar-refractivity contribution in [2.45, 2.75) is 38.4 Å². The smallest absolute Gasteiger partial charge is 0.323 e. The molecule has 1 rings (SSSR count). The topological polar surface area (TPSA) is 38.9 Å². The van der Waals surface area contributed by atoms with E-state index in [9.17, 15) is 13.2 Å². The summed E-state index contributed by atoms with van der Waals surface area (Å²) >= 11 is 1.44. The van der Waals surface area contributed by atoms with Crippen LogP contribution in [-0.2, 0) is 0 Å². The fourth-order valence-electron chi connectivity index (χ4n) is 1.21. The standard InChI is InChI=1S/C9H13F3N2S/c1-6-14-5-8(15-6)7(13)3-2-4-9(10,11)12/h5,7H,2-4,13H2,1H3. The largest absolute Gasteiger partial charge is 0.389 e. The van der Waals surface area contributed by atoms with Gasteiger partial charge in [0.05, 0.1) is 5.01 Å². The second-order valence-corrected chi connectivity index (χ2v) is 4.66. The van der Waals surface area contributed by atoms with Crippen molar-refractivity contribution in [3.63, 3.8) is 0 Å². The van der Waals surface area contributed by atoms with Crippen LogP contribution in [0.4, 0.5) is 13.2 Å². The third-order valence-corrected chi connectivity index (χ3v) is 3.02. The molecular weight excluding hydrogens is 225 g/mol. The van der Waals surface area contributed by atoms with Crippen molar-refractivity contribution in [3.05, 3.63) is 16.1 Å². The zero-order valence-corrected chi connectivity index (χ0v) is 9.16. The molecule has 1 atom stereocenters. The lowest BCUT2D eigenvalue weighted by Gasteiger charge is -2.10. The molecular formula is C9H13F3N2S. The van der Waals surface area contributed by atoms with Gasteiger partial charge in [0, 0.05) is 23.5 Å². The van der Waals surface area contributed by atoms with Gasteiger partial charge in [-0.3, -0.25) is 0 Å². The van der Waals surface area contributed by atoms with E-state index in [1.54, 1.807) is 6.20 Å². The third-order valence-electron chi connectivity index (χ3n) is 1.98. The normalized spacial score (nSPS) is 14.2. The molecule has 15 heavy (non-hydrogen) atoms. The quantitative estimate of drug-likeness (QED) is 0.875. The second kappa shape index (κ2) is 4.94. The van der Waals surface area contributed by atoms with Crippen LogP contribution in [-0.4, -0.2) is 11.2 Å². The number of thiazole rings is 1. The highest BCUT2D eigenvalue weighted by Crippen LogP contribution is 2.27. The van der Waals surface area contributed by atoms with Crippen LogP contribution in [0.5, 0.6) is 0 Å². The SMILES string of the molecule is Cc1ncc(C(N)CCCC(F)(F)F)s1. The van der Waals surface area contributed by atoms with Gasteiger partial charge in [-0.25, -0.2) is 4.98 Å². The van der Waals surface area contributed by atoms with Crippen LogP contribution in [0.1, 0.15) is 35.2 Å². The maximum atomic E-state index is 11.9. The van der Waals surface area contributed by atoms with E-state index in [0.29, 0.717) is 6.42 Å². The molecule has 2 N–H and O–H groups in total. The minimum Gasteiger partial charge on any atom is -0.323 e. The predicted molar refractivity (Wildman–Crippen MR) is 53.7 cm³/mol. The summed E-state index contributed by atoms with van der Waals surface area (Å²) in [7, 11) is 0. The minimum absolute atomic E-state index is 0.0710. The van der Waals surface area contributed by atoms with E-state index in [1.165, 1.54) is 11.3 Å². The molecule has 1 aromatic heterocycles. The Hall–Kier alpha value is -0.620. The van der Waals surface area contributed by atoms with Gasteiger partial charge >= 0.3 is 6.18 Å². The molecule has 0 saturated carbocycles. The molecule has 86 valence electrons. The van der Waals surface area contributed by atoms with Gasteiger partial charge in [0.15, 0.2) is 0 Å². The van der Waals surface area contributed by atoms with Crippen molar-refractivity contribution < 1.29 is 13.2 Å². The van der Waals surface area contributed by atoms with Gasteiger partial charge in [0.2, 0.25) is 0 Å². The fraction of sp³-hybridized carbons (Fsp3) is 0.667. The molecule has 6 heteroatoms. The van der Waals surface area contributed by atoms with Crippen LogP contribution >= 0.6 is 11.3 Å². The molecule has 0 spiro atoms. The van der Waals surface area contributed by atoms with Gasteiger partial charge < -0.3 is 5.73 Å². The first-order valence-electron chi connectivity index (χ1n) is 4.63. The fourth-order valence-corrected chi connectivity index (χ4v) is 2.04. The van der Waals surface area contributed by atoms with Crippen molar-refractivity contribution in [1.29, 1.82) is 0 Å². The summed E-state index contributed by atoms with van der Waals surface area (Å²) in [6.45, 7) is 1.84. The Bertz CT molecular complexity index is 309. The number of halogens is 3. The van der Waals surface area contributed by atoms with E-state index in [1.807, 2.05) is 6.92 Å². The first-order valence-corrected chi connectivity index (χ1v) is 5.45. The van der Waals surface area contributed by atoms with E-state index < -0.39 is 12.6 Å². The Morgan fingerprint density at radius 3 is 2.67 bits per heavy atom. The van der Waals surface area contributed by atoms with Crippen molar-refractivity contribution in [3.8, 4) is 0 Å². The second-order valence-electron chi connectivity index (χ2n) is 3.40. The maximum Gasteiger partial charge on any atom is 0.389 e. The first kappa shape index (κ1) is 12.4. The minimum atomic E-state index is -4.08. The average Bonchev–Trinajstić information content (AvgIpc) is 2.49. The summed E-state index contributed by atoms with van der Waals surface area (Å²) in [5, 5.41) is 0.885. The van der Waals surface area contributed by atoms with E-state index in [-0.39, 0.29) is 12.5 Å². The number of rotatable bonds is 4. The summed E-state index contributed by atoms with van der Waals surface area (Å²) in [5.41, 5.74) is 5.74.